The fourth-order valence-electron chi connectivity index (χ4n) is 3.24. The summed E-state index contributed by atoms with van der Waals surface area (Å²) in [5.41, 5.74) is 0.824. The zero-order valence-corrected chi connectivity index (χ0v) is 15.5. The summed E-state index contributed by atoms with van der Waals surface area (Å²) >= 11 is 0. The molecular formula is C17H19FN6O2S. The van der Waals surface area contributed by atoms with E-state index in [1.807, 2.05) is 4.68 Å². The molecule has 8 nitrogen and oxygen atoms in total. The van der Waals surface area contributed by atoms with Crippen LogP contribution in [0.15, 0.2) is 35.6 Å². The highest BCUT2D eigenvalue weighted by molar-refractivity contribution is 7.90. The summed E-state index contributed by atoms with van der Waals surface area (Å²) in [5.74, 6) is -0.248. The van der Waals surface area contributed by atoms with Gasteiger partial charge in [-0.15, -0.1) is 0 Å². The number of hydrogen-bond donors (Lipinski definition) is 2. The first kappa shape index (κ1) is 17.8. The first-order valence-corrected chi connectivity index (χ1v) is 10.5. The maximum absolute atomic E-state index is 14.4. The summed E-state index contributed by atoms with van der Waals surface area (Å²) in [6.07, 6.45) is 6.05. The number of rotatable bonds is 4. The van der Waals surface area contributed by atoms with Crippen LogP contribution in [-0.2, 0) is 9.84 Å². The van der Waals surface area contributed by atoms with Gasteiger partial charge in [0, 0.05) is 6.26 Å². The van der Waals surface area contributed by atoms with Gasteiger partial charge in [-0.3, -0.25) is 0 Å². The van der Waals surface area contributed by atoms with E-state index in [1.165, 1.54) is 18.5 Å². The number of nitrogens with zero attached hydrogens (tertiary/aromatic N) is 4. The van der Waals surface area contributed by atoms with Crippen LogP contribution >= 0.6 is 0 Å². The van der Waals surface area contributed by atoms with Gasteiger partial charge in [0.1, 0.15) is 18.0 Å². The number of nitrogens with one attached hydrogen (secondary N) is 2. The van der Waals surface area contributed by atoms with Gasteiger partial charge < -0.3 is 10.6 Å². The molecule has 27 heavy (non-hydrogen) atoms. The summed E-state index contributed by atoms with van der Waals surface area (Å²) in [6.45, 7) is 1.86. The van der Waals surface area contributed by atoms with E-state index in [1.54, 1.807) is 6.20 Å². The summed E-state index contributed by atoms with van der Waals surface area (Å²) in [7, 11) is -3.47. The zero-order valence-electron chi connectivity index (χ0n) is 14.7. The molecule has 3 aromatic rings. The topological polar surface area (TPSA) is 102 Å². The van der Waals surface area contributed by atoms with Gasteiger partial charge in [0.2, 0.25) is 0 Å². The van der Waals surface area contributed by atoms with Gasteiger partial charge >= 0.3 is 0 Å². The molecule has 0 amide bonds. The maximum Gasteiger partial charge on any atom is 0.175 e. The second-order valence-corrected chi connectivity index (χ2v) is 8.58. The lowest BCUT2D eigenvalue weighted by Gasteiger charge is -2.23. The molecule has 0 aliphatic carbocycles. The number of aromatic nitrogens is 4. The van der Waals surface area contributed by atoms with E-state index in [4.69, 9.17) is 0 Å². The second kappa shape index (κ2) is 6.86. The molecule has 1 saturated heterocycles. The Labute approximate surface area is 155 Å². The third-order valence-electron chi connectivity index (χ3n) is 4.67. The predicted octanol–water partition coefficient (Wildman–Crippen LogP) is 2.04. The van der Waals surface area contributed by atoms with Crippen molar-refractivity contribution in [2.75, 3.05) is 24.7 Å². The van der Waals surface area contributed by atoms with Gasteiger partial charge in [-0.05, 0) is 44.1 Å². The number of benzene rings is 1. The summed E-state index contributed by atoms with van der Waals surface area (Å²) < 4.78 is 39.4. The number of hydrogen-bond acceptors (Lipinski definition) is 7. The second-order valence-electron chi connectivity index (χ2n) is 6.57. The zero-order chi connectivity index (χ0) is 19.0. The van der Waals surface area contributed by atoms with E-state index in [0.29, 0.717) is 16.9 Å². The van der Waals surface area contributed by atoms with E-state index in [9.17, 15) is 12.8 Å². The molecule has 2 N–H and O–H groups in total. The summed E-state index contributed by atoms with van der Waals surface area (Å²) in [5, 5.41) is 11.4. The van der Waals surface area contributed by atoms with Gasteiger partial charge in [-0.25, -0.2) is 27.5 Å². The Morgan fingerprint density at radius 3 is 2.74 bits per heavy atom. The van der Waals surface area contributed by atoms with Crippen molar-refractivity contribution < 1.29 is 12.8 Å². The lowest BCUT2D eigenvalue weighted by molar-refractivity contribution is 0.349. The quantitative estimate of drug-likeness (QED) is 0.703. The minimum absolute atomic E-state index is 0.0721. The monoisotopic (exact) mass is 390 g/mol. The minimum Gasteiger partial charge on any atom is -0.337 e. The van der Waals surface area contributed by atoms with Crippen molar-refractivity contribution in [1.29, 1.82) is 0 Å². The van der Waals surface area contributed by atoms with E-state index >= 15 is 0 Å². The van der Waals surface area contributed by atoms with Gasteiger partial charge in [0.25, 0.3) is 0 Å². The smallest absolute Gasteiger partial charge is 0.175 e. The van der Waals surface area contributed by atoms with E-state index < -0.39 is 15.7 Å². The Hall–Kier alpha value is -2.59. The highest BCUT2D eigenvalue weighted by Crippen LogP contribution is 2.28. The number of sulfone groups is 1. The van der Waals surface area contributed by atoms with Crippen molar-refractivity contribution in [3.8, 4) is 0 Å². The Bertz CT molecular complexity index is 1090. The van der Waals surface area contributed by atoms with E-state index in [0.717, 1.165) is 38.3 Å². The Morgan fingerprint density at radius 2 is 2.04 bits per heavy atom. The molecule has 1 aliphatic heterocycles. The molecular weight excluding hydrogens is 371 g/mol. The van der Waals surface area contributed by atoms with E-state index in [-0.39, 0.29) is 16.6 Å². The van der Waals surface area contributed by atoms with Crippen LogP contribution < -0.4 is 10.6 Å². The van der Waals surface area contributed by atoms with Gasteiger partial charge in [-0.1, -0.05) is 0 Å². The van der Waals surface area contributed by atoms with Gasteiger partial charge in [0.15, 0.2) is 15.5 Å². The minimum atomic E-state index is -3.47. The normalized spacial score (nSPS) is 15.9. The average Bonchev–Trinajstić information content (AvgIpc) is 3.08. The lowest BCUT2D eigenvalue weighted by atomic mass is 10.1. The standard InChI is InChI=1S/C17H19FN6O2S/c1-27(25,26)12-2-3-15(14(18)8-12)23-16-13-9-22-24(17(13)21-10-20-16)11-4-6-19-7-5-11/h2-3,8-11,19H,4-7H2,1H3,(H,20,21,23). The molecule has 2 aromatic heterocycles. The highest BCUT2D eigenvalue weighted by atomic mass is 32.2. The van der Waals surface area contributed by atoms with Crippen molar-refractivity contribution >= 4 is 32.4 Å². The number of anilines is 2. The third kappa shape index (κ3) is 3.50. The lowest BCUT2D eigenvalue weighted by Crippen LogP contribution is -2.29. The molecule has 4 rings (SSSR count). The molecule has 1 aliphatic rings. The Kier molecular flexibility index (Phi) is 4.52. The largest absolute Gasteiger partial charge is 0.337 e. The maximum atomic E-state index is 14.4. The Balaban J connectivity index is 1.68. The summed E-state index contributed by atoms with van der Waals surface area (Å²) in [6, 6.07) is 4.00. The summed E-state index contributed by atoms with van der Waals surface area (Å²) in [4.78, 5) is 8.47. The molecule has 3 heterocycles. The molecule has 1 aromatic carbocycles. The van der Waals surface area contributed by atoms with E-state index in [2.05, 4.69) is 25.7 Å². The van der Waals surface area contributed by atoms with Crippen molar-refractivity contribution in [3.05, 3.63) is 36.5 Å². The van der Waals surface area contributed by atoms with Crippen LogP contribution in [-0.4, -0.2) is 47.5 Å². The van der Waals surface area contributed by atoms with Crippen molar-refractivity contribution in [2.24, 2.45) is 0 Å². The predicted molar refractivity (Wildman–Crippen MR) is 99.3 cm³/mol. The average molecular weight is 390 g/mol. The van der Waals surface area contributed by atoms with Crippen molar-refractivity contribution in [3.63, 3.8) is 0 Å². The molecule has 0 unspecified atom stereocenters. The highest BCUT2D eigenvalue weighted by Gasteiger charge is 2.20. The number of fused-ring (bicyclic) bond motifs is 1. The molecule has 0 spiro atoms. The van der Waals surface area contributed by atoms with Crippen LogP contribution in [0.25, 0.3) is 11.0 Å². The van der Waals surface area contributed by atoms with Crippen LogP contribution in [0.2, 0.25) is 0 Å². The van der Waals surface area contributed by atoms with Gasteiger partial charge in [0.05, 0.1) is 28.2 Å². The van der Waals surface area contributed by atoms with Crippen LogP contribution in [0, 0.1) is 5.82 Å². The van der Waals surface area contributed by atoms with Crippen molar-refractivity contribution in [1.82, 2.24) is 25.1 Å². The Morgan fingerprint density at radius 1 is 1.26 bits per heavy atom. The molecule has 0 saturated carbocycles. The molecule has 0 bridgehead atoms. The molecule has 0 radical (unpaired) electrons. The number of halogens is 1. The molecule has 142 valence electrons. The van der Waals surface area contributed by atoms with Crippen LogP contribution in [0.3, 0.4) is 0 Å². The van der Waals surface area contributed by atoms with Crippen LogP contribution in [0.4, 0.5) is 15.9 Å². The molecule has 10 heteroatoms. The number of piperidine rings is 1. The molecule has 1 fully saturated rings. The van der Waals surface area contributed by atoms with Crippen LogP contribution in [0.1, 0.15) is 18.9 Å². The fraction of sp³-hybridized carbons (Fsp3) is 0.353. The van der Waals surface area contributed by atoms with Crippen molar-refractivity contribution in [2.45, 2.75) is 23.8 Å². The first-order chi connectivity index (χ1) is 12.9. The first-order valence-electron chi connectivity index (χ1n) is 8.59. The van der Waals surface area contributed by atoms with Gasteiger partial charge in [-0.2, -0.15) is 5.10 Å². The molecule has 0 atom stereocenters. The SMILES string of the molecule is CS(=O)(=O)c1ccc(Nc2ncnc3c2cnn3C2CCNCC2)c(F)c1. The third-order valence-corrected chi connectivity index (χ3v) is 5.78. The fourth-order valence-corrected chi connectivity index (χ4v) is 3.87. The van der Waals surface area contributed by atoms with Crippen LogP contribution in [0.5, 0.6) is 0 Å².